The molecule has 1 heterocycles. The molecule has 0 spiro atoms. The smallest absolute Gasteiger partial charge is 0.125 e. The molecule has 1 aromatic carbocycles. The van der Waals surface area contributed by atoms with Gasteiger partial charge in [0.2, 0.25) is 0 Å². The molecule has 0 bridgehead atoms. The molecule has 2 aliphatic rings. The van der Waals surface area contributed by atoms with Crippen LogP contribution in [-0.2, 0) is 6.42 Å². The first kappa shape index (κ1) is 11.0. The van der Waals surface area contributed by atoms with E-state index in [1.807, 2.05) is 6.07 Å². The number of hydrogen-bond donors (Lipinski definition) is 2. The third kappa shape index (κ3) is 2.44. The highest BCUT2D eigenvalue weighted by atomic mass is 19.1. The van der Waals surface area contributed by atoms with E-state index in [4.69, 9.17) is 0 Å². The van der Waals surface area contributed by atoms with Crippen molar-refractivity contribution in [1.29, 1.82) is 0 Å². The molecule has 0 radical (unpaired) electrons. The van der Waals surface area contributed by atoms with Crippen LogP contribution >= 0.6 is 0 Å². The number of anilines is 1. The minimum atomic E-state index is -0.151. The summed E-state index contributed by atoms with van der Waals surface area (Å²) in [5.74, 6) is 0.482. The Bertz CT molecular complexity index is 401. The van der Waals surface area contributed by atoms with Crippen LogP contribution in [0.3, 0.4) is 0 Å². The summed E-state index contributed by atoms with van der Waals surface area (Å²) in [6.07, 6.45) is 5.11. The second-order valence-electron chi connectivity index (χ2n) is 5.29. The monoisotopic (exact) mass is 234 g/mol. The average molecular weight is 234 g/mol. The van der Waals surface area contributed by atoms with Gasteiger partial charge in [-0.05, 0) is 42.9 Å². The van der Waals surface area contributed by atoms with Gasteiger partial charge in [0.1, 0.15) is 5.82 Å². The van der Waals surface area contributed by atoms with Gasteiger partial charge in [-0.3, -0.25) is 0 Å². The number of benzene rings is 1. The first-order valence-electron chi connectivity index (χ1n) is 6.57. The van der Waals surface area contributed by atoms with Crippen LogP contribution in [0.25, 0.3) is 0 Å². The van der Waals surface area contributed by atoms with Crippen molar-refractivity contribution < 1.29 is 4.39 Å². The Hall–Kier alpha value is -1.09. The van der Waals surface area contributed by atoms with E-state index in [1.54, 1.807) is 12.1 Å². The molecule has 1 saturated carbocycles. The second-order valence-corrected chi connectivity index (χ2v) is 5.29. The molecule has 1 atom stereocenters. The minimum Gasteiger partial charge on any atom is -0.384 e. The number of fused-ring (bicyclic) bond motifs is 1. The van der Waals surface area contributed by atoms with Gasteiger partial charge in [-0.2, -0.15) is 0 Å². The molecule has 3 heteroatoms. The minimum absolute atomic E-state index is 0.151. The Morgan fingerprint density at radius 1 is 1.35 bits per heavy atom. The van der Waals surface area contributed by atoms with Gasteiger partial charge in [-0.15, -0.1) is 0 Å². The summed E-state index contributed by atoms with van der Waals surface area (Å²) >= 11 is 0. The molecular weight excluding hydrogens is 215 g/mol. The van der Waals surface area contributed by atoms with E-state index in [-0.39, 0.29) is 5.82 Å². The van der Waals surface area contributed by atoms with Crippen LogP contribution in [0.2, 0.25) is 0 Å². The van der Waals surface area contributed by atoms with Gasteiger partial charge < -0.3 is 10.6 Å². The third-order valence-electron chi connectivity index (χ3n) is 3.96. The topological polar surface area (TPSA) is 24.1 Å². The quantitative estimate of drug-likeness (QED) is 0.840. The molecule has 17 heavy (non-hydrogen) atoms. The molecule has 0 aromatic heterocycles. The Kier molecular flexibility index (Phi) is 3.02. The second kappa shape index (κ2) is 4.65. The maximum atomic E-state index is 13.0. The maximum Gasteiger partial charge on any atom is 0.125 e. The zero-order valence-electron chi connectivity index (χ0n) is 10.0. The molecule has 2 N–H and O–H groups in total. The molecular formula is C14H19FN2. The summed E-state index contributed by atoms with van der Waals surface area (Å²) in [6, 6.07) is 5.82. The van der Waals surface area contributed by atoms with E-state index >= 15 is 0 Å². The molecule has 1 aliphatic carbocycles. The fourth-order valence-corrected chi connectivity index (χ4v) is 2.62. The fraction of sp³-hybridized carbons (Fsp3) is 0.571. The van der Waals surface area contributed by atoms with Crippen LogP contribution in [-0.4, -0.2) is 19.1 Å². The molecule has 1 aliphatic heterocycles. The molecule has 1 unspecified atom stereocenters. The summed E-state index contributed by atoms with van der Waals surface area (Å²) in [5.41, 5.74) is 2.22. The summed E-state index contributed by atoms with van der Waals surface area (Å²) in [7, 11) is 0. The van der Waals surface area contributed by atoms with Gasteiger partial charge in [0.05, 0.1) is 0 Å². The van der Waals surface area contributed by atoms with Gasteiger partial charge >= 0.3 is 0 Å². The van der Waals surface area contributed by atoms with Crippen molar-refractivity contribution in [1.82, 2.24) is 5.32 Å². The molecule has 2 nitrogen and oxygen atoms in total. The molecule has 3 rings (SSSR count). The van der Waals surface area contributed by atoms with Gasteiger partial charge in [-0.25, -0.2) is 4.39 Å². The zero-order chi connectivity index (χ0) is 11.7. The predicted octanol–water partition coefficient (Wildman–Crippen LogP) is 2.55. The lowest BCUT2D eigenvalue weighted by molar-refractivity contribution is 0.317. The van der Waals surface area contributed by atoms with E-state index in [9.17, 15) is 4.39 Å². The SMILES string of the molecule is Fc1ccc2c(c1)NCC(CNC1CCC1)C2. The lowest BCUT2D eigenvalue weighted by Crippen LogP contribution is -2.41. The first-order valence-corrected chi connectivity index (χ1v) is 6.57. The first-order chi connectivity index (χ1) is 8.31. The Morgan fingerprint density at radius 3 is 3.00 bits per heavy atom. The number of hydrogen-bond acceptors (Lipinski definition) is 2. The van der Waals surface area contributed by atoms with Crippen molar-refractivity contribution in [2.45, 2.75) is 31.7 Å². The van der Waals surface area contributed by atoms with Gasteiger partial charge in [0, 0.05) is 24.8 Å². The Balaban J connectivity index is 1.58. The summed E-state index contributed by atoms with van der Waals surface area (Å²) in [4.78, 5) is 0. The van der Waals surface area contributed by atoms with Gasteiger partial charge in [0.25, 0.3) is 0 Å². The van der Waals surface area contributed by atoms with E-state index in [0.29, 0.717) is 5.92 Å². The summed E-state index contributed by atoms with van der Waals surface area (Å²) in [5, 5.41) is 6.95. The third-order valence-corrected chi connectivity index (χ3v) is 3.96. The highest BCUT2D eigenvalue weighted by molar-refractivity contribution is 5.53. The van der Waals surface area contributed by atoms with Crippen molar-refractivity contribution in [3.8, 4) is 0 Å². The number of halogens is 1. The van der Waals surface area contributed by atoms with Crippen molar-refractivity contribution in [3.05, 3.63) is 29.6 Å². The predicted molar refractivity (Wildman–Crippen MR) is 67.7 cm³/mol. The molecule has 0 amide bonds. The lowest BCUT2D eigenvalue weighted by atomic mass is 9.90. The Labute approximate surface area is 102 Å². The van der Waals surface area contributed by atoms with Crippen molar-refractivity contribution in [2.24, 2.45) is 5.92 Å². The fourth-order valence-electron chi connectivity index (χ4n) is 2.62. The van der Waals surface area contributed by atoms with E-state index in [0.717, 1.165) is 31.2 Å². The highest BCUT2D eigenvalue weighted by Gasteiger charge is 2.21. The normalized spacial score (nSPS) is 23.7. The van der Waals surface area contributed by atoms with Crippen molar-refractivity contribution in [2.75, 3.05) is 18.4 Å². The number of rotatable bonds is 3. The molecule has 1 fully saturated rings. The van der Waals surface area contributed by atoms with Crippen LogP contribution in [0.1, 0.15) is 24.8 Å². The van der Waals surface area contributed by atoms with E-state index < -0.39 is 0 Å². The number of nitrogens with one attached hydrogen (secondary N) is 2. The average Bonchev–Trinajstić information content (AvgIpc) is 2.27. The van der Waals surface area contributed by atoms with Crippen molar-refractivity contribution in [3.63, 3.8) is 0 Å². The van der Waals surface area contributed by atoms with Gasteiger partial charge in [-0.1, -0.05) is 12.5 Å². The molecule has 92 valence electrons. The standard InChI is InChI=1S/C14H19FN2/c15-12-5-4-11-6-10(9-17-14(11)7-12)8-16-13-2-1-3-13/h4-5,7,10,13,16-17H,1-3,6,8-9H2. The molecule has 0 saturated heterocycles. The lowest BCUT2D eigenvalue weighted by Gasteiger charge is -2.31. The van der Waals surface area contributed by atoms with Crippen LogP contribution in [0.4, 0.5) is 10.1 Å². The Morgan fingerprint density at radius 2 is 2.24 bits per heavy atom. The van der Waals surface area contributed by atoms with Gasteiger partial charge in [0.15, 0.2) is 0 Å². The summed E-state index contributed by atoms with van der Waals surface area (Å²) < 4.78 is 13.0. The zero-order valence-corrected chi connectivity index (χ0v) is 10.0. The van der Waals surface area contributed by atoms with Crippen LogP contribution in [0.15, 0.2) is 18.2 Å². The highest BCUT2D eigenvalue weighted by Crippen LogP contribution is 2.26. The van der Waals surface area contributed by atoms with E-state index in [1.165, 1.54) is 24.8 Å². The summed E-state index contributed by atoms with van der Waals surface area (Å²) in [6.45, 7) is 2.03. The van der Waals surface area contributed by atoms with E-state index in [2.05, 4.69) is 10.6 Å². The largest absolute Gasteiger partial charge is 0.384 e. The van der Waals surface area contributed by atoms with Crippen LogP contribution < -0.4 is 10.6 Å². The van der Waals surface area contributed by atoms with Crippen LogP contribution in [0, 0.1) is 11.7 Å². The molecule has 1 aromatic rings. The van der Waals surface area contributed by atoms with Crippen LogP contribution in [0.5, 0.6) is 0 Å². The van der Waals surface area contributed by atoms with Crippen molar-refractivity contribution >= 4 is 5.69 Å². The maximum absolute atomic E-state index is 13.0.